The molecule has 0 aliphatic carbocycles. The number of nitrogens with zero attached hydrogens (tertiary/aromatic N) is 1. The second-order valence-corrected chi connectivity index (χ2v) is 5.74. The minimum absolute atomic E-state index is 0.352. The Bertz CT molecular complexity index is 645. The maximum Gasteiger partial charge on any atom is 0.262 e. The number of hydrogen-bond acceptors (Lipinski definition) is 5. The molecule has 3 amide bonds. The van der Waals surface area contributed by atoms with Gasteiger partial charge in [-0.05, 0) is 26.0 Å². The molecule has 7 nitrogen and oxygen atoms in total. The molecule has 1 aromatic carbocycles. The van der Waals surface area contributed by atoms with E-state index >= 15 is 0 Å². The van der Waals surface area contributed by atoms with E-state index < -0.39 is 17.9 Å². The number of carbonyl (C=O) groups is 3. The first-order valence-electron chi connectivity index (χ1n) is 7.93. The summed E-state index contributed by atoms with van der Waals surface area (Å²) >= 11 is 0. The van der Waals surface area contributed by atoms with Gasteiger partial charge in [-0.15, -0.1) is 0 Å². The Morgan fingerprint density at radius 1 is 1.17 bits per heavy atom. The molecule has 0 bridgehead atoms. The fourth-order valence-corrected chi connectivity index (χ4v) is 2.56. The summed E-state index contributed by atoms with van der Waals surface area (Å²) in [5.74, 6) is -1.19. The maximum atomic E-state index is 12.5. The molecule has 2 rings (SSSR count). The molecule has 0 spiro atoms. The number of carbonyl (C=O) groups excluding carboxylic acids is 3. The molecule has 1 unspecified atom stereocenters. The van der Waals surface area contributed by atoms with Crippen molar-refractivity contribution in [3.8, 4) is 0 Å². The third-order valence-electron chi connectivity index (χ3n) is 3.92. The number of fused-ring (bicyclic) bond motifs is 1. The molecule has 24 heavy (non-hydrogen) atoms. The number of aryl methyl sites for hydroxylation is 1. The first kappa shape index (κ1) is 18.1. The summed E-state index contributed by atoms with van der Waals surface area (Å²) in [5.41, 5.74) is 1.61. The summed E-state index contributed by atoms with van der Waals surface area (Å²) in [4.78, 5) is 38.1. The molecule has 7 heteroatoms. The molecule has 0 aromatic heterocycles. The average Bonchev–Trinajstić information content (AvgIpc) is 2.80. The van der Waals surface area contributed by atoms with Crippen molar-refractivity contribution in [2.24, 2.45) is 0 Å². The Balaban J connectivity index is 1.93. The zero-order valence-electron chi connectivity index (χ0n) is 14.2. The van der Waals surface area contributed by atoms with Crippen LogP contribution in [0.3, 0.4) is 0 Å². The van der Waals surface area contributed by atoms with Crippen LogP contribution in [-0.4, -0.2) is 62.0 Å². The number of rotatable bonds is 8. The second kappa shape index (κ2) is 8.03. The van der Waals surface area contributed by atoms with Crippen molar-refractivity contribution in [3.63, 3.8) is 0 Å². The van der Waals surface area contributed by atoms with Gasteiger partial charge in [0, 0.05) is 26.7 Å². The first-order chi connectivity index (χ1) is 11.5. The first-order valence-corrected chi connectivity index (χ1v) is 7.93. The van der Waals surface area contributed by atoms with Crippen molar-refractivity contribution >= 4 is 17.7 Å². The van der Waals surface area contributed by atoms with Gasteiger partial charge >= 0.3 is 0 Å². The van der Waals surface area contributed by atoms with Gasteiger partial charge in [0.15, 0.2) is 0 Å². The smallest absolute Gasteiger partial charge is 0.262 e. The Kier molecular flexibility index (Phi) is 6.05. The van der Waals surface area contributed by atoms with Crippen LogP contribution < -0.4 is 10.6 Å². The van der Waals surface area contributed by atoms with E-state index in [1.165, 1.54) is 0 Å². The minimum atomic E-state index is -0.850. The van der Waals surface area contributed by atoms with E-state index in [0.717, 1.165) is 10.5 Å². The van der Waals surface area contributed by atoms with Gasteiger partial charge in [-0.1, -0.05) is 11.6 Å². The van der Waals surface area contributed by atoms with Gasteiger partial charge < -0.3 is 15.4 Å². The second-order valence-electron chi connectivity index (χ2n) is 5.74. The average molecular weight is 333 g/mol. The van der Waals surface area contributed by atoms with Crippen LogP contribution in [0.1, 0.15) is 33.2 Å². The van der Waals surface area contributed by atoms with E-state index in [4.69, 9.17) is 4.74 Å². The third kappa shape index (κ3) is 3.80. The molecule has 1 aliphatic heterocycles. The van der Waals surface area contributed by atoms with Crippen molar-refractivity contribution in [3.05, 3.63) is 34.9 Å². The van der Waals surface area contributed by atoms with Crippen LogP contribution >= 0.6 is 0 Å². The van der Waals surface area contributed by atoms with E-state index in [1.807, 2.05) is 6.92 Å². The van der Waals surface area contributed by atoms with Crippen molar-refractivity contribution in [1.29, 1.82) is 0 Å². The lowest BCUT2D eigenvalue weighted by Gasteiger charge is -2.21. The van der Waals surface area contributed by atoms with Crippen molar-refractivity contribution < 1.29 is 19.1 Å². The van der Waals surface area contributed by atoms with Crippen molar-refractivity contribution in [2.45, 2.75) is 19.9 Å². The Morgan fingerprint density at radius 2 is 1.88 bits per heavy atom. The fraction of sp³-hybridized carbons (Fsp3) is 0.471. The van der Waals surface area contributed by atoms with E-state index in [-0.39, 0.29) is 5.91 Å². The van der Waals surface area contributed by atoms with Crippen molar-refractivity contribution in [1.82, 2.24) is 15.5 Å². The van der Waals surface area contributed by atoms with Crippen LogP contribution in [0.5, 0.6) is 0 Å². The lowest BCUT2D eigenvalue weighted by molar-refractivity contribution is -0.124. The number of benzene rings is 1. The standard InChI is InChI=1S/C17H23N3O4/c1-11-4-5-13-14(10-11)17(23)20(16(13)22)12(2)15(21)19-7-6-18-8-9-24-3/h4-5,10,12,18H,6-9H2,1-3H3,(H,19,21). The van der Waals surface area contributed by atoms with Gasteiger partial charge in [0.1, 0.15) is 6.04 Å². The highest BCUT2D eigenvalue weighted by molar-refractivity contribution is 6.22. The number of imide groups is 1. The lowest BCUT2D eigenvalue weighted by atomic mass is 10.1. The Morgan fingerprint density at radius 3 is 2.58 bits per heavy atom. The van der Waals surface area contributed by atoms with Gasteiger partial charge in [0.05, 0.1) is 17.7 Å². The predicted octanol–water partition coefficient (Wildman–Crippen LogP) is 0.332. The monoisotopic (exact) mass is 333 g/mol. The lowest BCUT2D eigenvalue weighted by Crippen LogP contribution is -2.48. The highest BCUT2D eigenvalue weighted by atomic mass is 16.5. The summed E-state index contributed by atoms with van der Waals surface area (Å²) in [7, 11) is 1.62. The van der Waals surface area contributed by atoms with Crippen LogP contribution in [0.2, 0.25) is 0 Å². The van der Waals surface area contributed by atoms with Crippen LogP contribution in [0.25, 0.3) is 0 Å². The Labute approximate surface area is 141 Å². The summed E-state index contributed by atoms with van der Waals surface area (Å²) < 4.78 is 4.91. The number of amides is 3. The molecule has 1 heterocycles. The summed E-state index contributed by atoms with van der Waals surface area (Å²) in [6.45, 7) is 5.70. The predicted molar refractivity (Wildman–Crippen MR) is 88.9 cm³/mol. The number of methoxy groups -OCH3 is 1. The summed E-state index contributed by atoms with van der Waals surface area (Å²) in [5, 5.41) is 5.83. The summed E-state index contributed by atoms with van der Waals surface area (Å²) in [6, 6.07) is 4.25. The Hall–Kier alpha value is -2.25. The van der Waals surface area contributed by atoms with E-state index in [0.29, 0.717) is 37.4 Å². The molecule has 0 fully saturated rings. The molecule has 0 radical (unpaired) electrons. The fourth-order valence-electron chi connectivity index (χ4n) is 2.56. The zero-order valence-corrected chi connectivity index (χ0v) is 14.2. The van der Waals surface area contributed by atoms with Crippen LogP contribution in [0, 0.1) is 6.92 Å². The molecule has 130 valence electrons. The molecular formula is C17H23N3O4. The van der Waals surface area contributed by atoms with E-state index in [2.05, 4.69) is 10.6 Å². The quantitative estimate of drug-likeness (QED) is 0.529. The molecular weight excluding hydrogens is 310 g/mol. The molecule has 0 saturated carbocycles. The summed E-state index contributed by atoms with van der Waals surface area (Å²) in [6.07, 6.45) is 0. The van der Waals surface area contributed by atoms with Gasteiger partial charge in [-0.3, -0.25) is 19.3 Å². The topological polar surface area (TPSA) is 87.7 Å². The van der Waals surface area contributed by atoms with Crippen LogP contribution in [0.4, 0.5) is 0 Å². The largest absolute Gasteiger partial charge is 0.383 e. The molecule has 1 aromatic rings. The minimum Gasteiger partial charge on any atom is -0.383 e. The van der Waals surface area contributed by atoms with Gasteiger partial charge in [0.2, 0.25) is 5.91 Å². The highest BCUT2D eigenvalue weighted by Crippen LogP contribution is 2.25. The van der Waals surface area contributed by atoms with E-state index in [1.54, 1.807) is 32.2 Å². The number of nitrogens with one attached hydrogen (secondary N) is 2. The number of hydrogen-bond donors (Lipinski definition) is 2. The molecule has 2 N–H and O–H groups in total. The van der Waals surface area contributed by atoms with E-state index in [9.17, 15) is 14.4 Å². The highest BCUT2D eigenvalue weighted by Gasteiger charge is 2.40. The van der Waals surface area contributed by atoms with Crippen LogP contribution in [0.15, 0.2) is 18.2 Å². The van der Waals surface area contributed by atoms with Gasteiger partial charge in [-0.2, -0.15) is 0 Å². The van der Waals surface area contributed by atoms with Crippen molar-refractivity contribution in [2.75, 3.05) is 33.4 Å². The van der Waals surface area contributed by atoms with Crippen LogP contribution in [-0.2, 0) is 9.53 Å². The number of ether oxygens (including phenoxy) is 1. The normalized spacial score (nSPS) is 14.7. The molecule has 1 aliphatic rings. The van der Waals surface area contributed by atoms with Gasteiger partial charge in [-0.25, -0.2) is 0 Å². The zero-order chi connectivity index (χ0) is 17.7. The molecule has 1 atom stereocenters. The third-order valence-corrected chi connectivity index (χ3v) is 3.92. The SMILES string of the molecule is COCCNCCNC(=O)C(C)N1C(=O)c2ccc(C)cc2C1=O. The van der Waals surface area contributed by atoms with Gasteiger partial charge in [0.25, 0.3) is 11.8 Å². The maximum absolute atomic E-state index is 12.5. The molecule has 0 saturated heterocycles.